The normalized spacial score (nSPS) is 26.0. The van der Waals surface area contributed by atoms with Gasteiger partial charge in [-0.15, -0.1) is 0 Å². The van der Waals surface area contributed by atoms with Crippen molar-refractivity contribution in [3.63, 3.8) is 0 Å². The first kappa shape index (κ1) is 21.0. The maximum atomic E-state index is 13.2. The molecule has 1 aliphatic carbocycles. The molecule has 28 heavy (non-hydrogen) atoms. The number of carbonyl (C=O) groups excluding carboxylic acids is 2. The fraction of sp³-hybridized carbons (Fsp3) is 0.571. The molecule has 152 valence electrons. The van der Waals surface area contributed by atoms with Crippen LogP contribution in [0.3, 0.4) is 0 Å². The Balaban J connectivity index is 1.84. The molecule has 3 rings (SSSR count). The summed E-state index contributed by atoms with van der Waals surface area (Å²) in [5.74, 6) is -0.0118. The molecular formula is C21H28BrN3O3. The Bertz CT molecular complexity index is 805. The summed E-state index contributed by atoms with van der Waals surface area (Å²) in [5, 5.41) is 3.21. The van der Waals surface area contributed by atoms with Gasteiger partial charge in [0.05, 0.1) is 18.2 Å². The Morgan fingerprint density at radius 1 is 1.43 bits per heavy atom. The van der Waals surface area contributed by atoms with Gasteiger partial charge in [-0.2, -0.15) is 0 Å². The van der Waals surface area contributed by atoms with E-state index in [2.05, 4.69) is 32.8 Å². The minimum absolute atomic E-state index is 0.0118. The number of likely N-dealkylation sites (tertiary alicyclic amines) is 1. The number of hydrogen-bond acceptors (Lipinski definition) is 5. The van der Waals surface area contributed by atoms with Crippen molar-refractivity contribution in [1.29, 1.82) is 0 Å². The van der Waals surface area contributed by atoms with Gasteiger partial charge in [0.15, 0.2) is 5.78 Å². The predicted molar refractivity (Wildman–Crippen MR) is 112 cm³/mol. The molecule has 2 fully saturated rings. The maximum Gasteiger partial charge on any atom is 0.411 e. The molecule has 0 radical (unpaired) electrons. The lowest BCUT2D eigenvalue weighted by molar-refractivity contribution is -0.123. The van der Waals surface area contributed by atoms with E-state index in [1.165, 1.54) is 0 Å². The molecular weight excluding hydrogens is 422 g/mol. The molecule has 0 bridgehead atoms. The molecule has 0 unspecified atom stereocenters. The number of ketones is 1. The van der Waals surface area contributed by atoms with Crippen LogP contribution in [0.1, 0.15) is 44.9 Å². The minimum Gasteiger partial charge on any atom is -0.444 e. The Hall–Kier alpha value is -1.73. The lowest BCUT2D eigenvalue weighted by atomic mass is 9.94. The highest BCUT2D eigenvalue weighted by Crippen LogP contribution is 2.59. The third-order valence-electron chi connectivity index (χ3n) is 5.46. The van der Waals surface area contributed by atoms with E-state index in [0.29, 0.717) is 16.7 Å². The van der Waals surface area contributed by atoms with Crippen molar-refractivity contribution in [3.05, 3.63) is 34.6 Å². The van der Waals surface area contributed by atoms with E-state index in [9.17, 15) is 9.59 Å². The van der Waals surface area contributed by atoms with Crippen molar-refractivity contribution in [1.82, 2.24) is 15.2 Å². The van der Waals surface area contributed by atoms with E-state index < -0.39 is 17.7 Å². The van der Waals surface area contributed by atoms with E-state index in [-0.39, 0.29) is 23.7 Å². The molecule has 2 aliphatic rings. The van der Waals surface area contributed by atoms with Gasteiger partial charge in [0.2, 0.25) is 0 Å². The van der Waals surface area contributed by atoms with Crippen molar-refractivity contribution in [2.45, 2.75) is 57.7 Å². The SMILES string of the molecule is C=Cc1ccc(Br)nc1CC(=O)[C@@H]1C[C@@]2(CNC)C[C@H]2N1C(=O)OC(C)(C)C. The van der Waals surface area contributed by atoms with Crippen molar-refractivity contribution in [2.24, 2.45) is 5.41 Å². The zero-order valence-electron chi connectivity index (χ0n) is 16.9. The second kappa shape index (κ2) is 7.59. The molecule has 0 aromatic carbocycles. The maximum absolute atomic E-state index is 13.2. The number of nitrogens with one attached hydrogen (secondary N) is 1. The molecule has 6 nitrogen and oxygen atoms in total. The van der Waals surface area contributed by atoms with Gasteiger partial charge in [-0.05, 0) is 68.2 Å². The molecule has 7 heteroatoms. The van der Waals surface area contributed by atoms with Crippen LogP contribution in [0.15, 0.2) is 23.3 Å². The van der Waals surface area contributed by atoms with Crippen LogP contribution >= 0.6 is 15.9 Å². The smallest absolute Gasteiger partial charge is 0.411 e. The quantitative estimate of drug-likeness (QED) is 0.671. The number of piperidine rings is 1. The molecule has 1 N–H and O–H groups in total. The van der Waals surface area contributed by atoms with Crippen LogP contribution in [-0.4, -0.2) is 53.0 Å². The number of carbonyl (C=O) groups is 2. The average Bonchev–Trinajstić information content (AvgIpc) is 3.17. The van der Waals surface area contributed by atoms with Crippen LogP contribution in [0, 0.1) is 5.41 Å². The summed E-state index contributed by atoms with van der Waals surface area (Å²) < 4.78 is 6.28. The lowest BCUT2D eigenvalue weighted by Crippen LogP contribution is -2.46. The number of rotatable bonds is 6. The van der Waals surface area contributed by atoms with E-state index in [1.54, 1.807) is 11.0 Å². The van der Waals surface area contributed by atoms with Crippen LogP contribution in [0.4, 0.5) is 4.79 Å². The molecule has 2 heterocycles. The molecule has 1 saturated heterocycles. The number of fused-ring (bicyclic) bond motifs is 1. The highest BCUT2D eigenvalue weighted by Gasteiger charge is 2.67. The number of hydrogen-bond donors (Lipinski definition) is 1. The fourth-order valence-electron chi connectivity index (χ4n) is 4.19. The summed E-state index contributed by atoms with van der Waals surface area (Å²) >= 11 is 3.36. The van der Waals surface area contributed by atoms with E-state index in [4.69, 9.17) is 4.74 Å². The lowest BCUT2D eigenvalue weighted by Gasteiger charge is -2.29. The zero-order valence-corrected chi connectivity index (χ0v) is 18.5. The number of amides is 1. The second-order valence-corrected chi connectivity index (χ2v) is 9.55. The molecule has 1 aromatic heterocycles. The van der Waals surface area contributed by atoms with Gasteiger partial charge in [-0.1, -0.05) is 18.7 Å². The number of halogens is 1. The highest BCUT2D eigenvalue weighted by atomic mass is 79.9. The van der Waals surface area contributed by atoms with Crippen LogP contribution in [0.25, 0.3) is 6.08 Å². The molecule has 1 aliphatic heterocycles. The average molecular weight is 450 g/mol. The topological polar surface area (TPSA) is 71.5 Å². The summed E-state index contributed by atoms with van der Waals surface area (Å²) in [6, 6.07) is 3.27. The van der Waals surface area contributed by atoms with Gasteiger partial charge in [-0.3, -0.25) is 9.69 Å². The number of ether oxygens (including phenoxy) is 1. The van der Waals surface area contributed by atoms with Crippen molar-refractivity contribution >= 4 is 33.9 Å². The number of aromatic nitrogens is 1. The summed E-state index contributed by atoms with van der Waals surface area (Å²) in [7, 11) is 1.90. The van der Waals surface area contributed by atoms with Gasteiger partial charge in [0, 0.05) is 18.0 Å². The summed E-state index contributed by atoms with van der Waals surface area (Å²) in [5.41, 5.74) is 0.864. The van der Waals surface area contributed by atoms with Gasteiger partial charge in [0.25, 0.3) is 0 Å². The summed E-state index contributed by atoms with van der Waals surface area (Å²) in [6.45, 7) is 10.1. The fourth-order valence-corrected chi connectivity index (χ4v) is 4.53. The van der Waals surface area contributed by atoms with Gasteiger partial charge in [-0.25, -0.2) is 9.78 Å². The molecule has 1 saturated carbocycles. The standard InChI is InChI=1S/C21H28BrN3O3/c1-6-13-7-8-18(22)24-14(13)9-16(26)15-10-21(12-23-5)11-17(21)25(15)19(27)28-20(2,3)4/h6-8,15,17,23H,1,9-12H2,2-5H3/t15-,17+,21-/m0/s1. The molecule has 3 atom stereocenters. The largest absolute Gasteiger partial charge is 0.444 e. The van der Waals surface area contributed by atoms with Crippen LogP contribution in [-0.2, 0) is 16.0 Å². The first-order valence-electron chi connectivity index (χ1n) is 9.57. The highest BCUT2D eigenvalue weighted by molar-refractivity contribution is 9.10. The van der Waals surface area contributed by atoms with Crippen molar-refractivity contribution in [3.8, 4) is 0 Å². The van der Waals surface area contributed by atoms with Crippen LogP contribution in [0.2, 0.25) is 0 Å². The van der Waals surface area contributed by atoms with E-state index >= 15 is 0 Å². The molecule has 1 aromatic rings. The van der Waals surface area contributed by atoms with Gasteiger partial charge >= 0.3 is 6.09 Å². The van der Waals surface area contributed by atoms with Crippen LogP contribution < -0.4 is 5.32 Å². The van der Waals surface area contributed by atoms with Gasteiger partial charge in [0.1, 0.15) is 10.2 Å². The monoisotopic (exact) mass is 449 g/mol. The first-order valence-corrected chi connectivity index (χ1v) is 10.4. The summed E-state index contributed by atoms with van der Waals surface area (Å²) in [4.78, 5) is 32.2. The number of Topliss-reactive ketones (excluding diaryl/α,β-unsaturated/α-hetero) is 1. The third-order valence-corrected chi connectivity index (χ3v) is 5.90. The van der Waals surface area contributed by atoms with E-state index in [0.717, 1.165) is 18.5 Å². The number of pyridine rings is 1. The number of nitrogens with zero attached hydrogens (tertiary/aromatic N) is 2. The van der Waals surface area contributed by atoms with Crippen molar-refractivity contribution < 1.29 is 14.3 Å². The van der Waals surface area contributed by atoms with Gasteiger partial charge < -0.3 is 10.1 Å². The van der Waals surface area contributed by atoms with E-state index in [1.807, 2.05) is 40.0 Å². The van der Waals surface area contributed by atoms with Crippen molar-refractivity contribution in [2.75, 3.05) is 13.6 Å². The Morgan fingerprint density at radius 2 is 2.14 bits per heavy atom. The zero-order chi connectivity index (χ0) is 20.7. The molecule has 1 amide bonds. The molecule has 0 spiro atoms. The predicted octanol–water partition coefficient (Wildman–Crippen LogP) is 3.59. The second-order valence-electron chi connectivity index (χ2n) is 8.74. The Morgan fingerprint density at radius 3 is 2.75 bits per heavy atom. The Labute approximate surface area is 174 Å². The Kier molecular flexibility index (Phi) is 5.69. The first-order chi connectivity index (χ1) is 13.1. The summed E-state index contributed by atoms with van der Waals surface area (Å²) in [6.07, 6.45) is 3.02. The third kappa shape index (κ3) is 4.15. The minimum atomic E-state index is -0.602. The van der Waals surface area contributed by atoms with Crippen LogP contribution in [0.5, 0.6) is 0 Å².